The van der Waals surface area contributed by atoms with E-state index in [9.17, 15) is 0 Å². The zero-order chi connectivity index (χ0) is 15.3. The molecule has 0 spiro atoms. The van der Waals surface area contributed by atoms with Crippen LogP contribution in [0.3, 0.4) is 0 Å². The molecule has 0 saturated heterocycles. The molecule has 0 bridgehead atoms. The van der Waals surface area contributed by atoms with Crippen LogP contribution in [0.1, 0.15) is 51.4 Å². The molecule has 2 aliphatic carbocycles. The van der Waals surface area contributed by atoms with Gasteiger partial charge in [-0.15, -0.1) is 0 Å². The van der Waals surface area contributed by atoms with Crippen molar-refractivity contribution in [2.24, 2.45) is 0 Å². The van der Waals surface area contributed by atoms with Gasteiger partial charge in [-0.3, -0.25) is 0 Å². The molecule has 0 heterocycles. The van der Waals surface area contributed by atoms with Crippen molar-refractivity contribution in [3.05, 3.63) is 48.6 Å². The molecule has 132 valence electrons. The minimum atomic E-state index is 0. The third-order valence-corrected chi connectivity index (χ3v) is 2.67. The van der Waals surface area contributed by atoms with Crippen LogP contribution in [0.15, 0.2) is 48.6 Å². The minimum Gasteiger partial charge on any atom is -0.240 e. The summed E-state index contributed by atoms with van der Waals surface area (Å²) >= 11 is 0. The van der Waals surface area contributed by atoms with E-state index in [-0.39, 0.29) is 39.0 Å². The summed E-state index contributed by atoms with van der Waals surface area (Å²) in [5, 5.41) is 16.5. The van der Waals surface area contributed by atoms with Gasteiger partial charge in [-0.05, 0) is 51.4 Å². The number of hydrogen-bond acceptors (Lipinski definition) is 0. The molecule has 0 aromatic carbocycles. The van der Waals surface area contributed by atoms with Crippen molar-refractivity contribution in [2.75, 3.05) is 14.2 Å². The second kappa shape index (κ2) is 32.9. The van der Waals surface area contributed by atoms with Crippen LogP contribution in [0, 0.1) is 0 Å². The van der Waals surface area contributed by atoms with Crippen LogP contribution >= 0.6 is 0 Å². The molecule has 0 unspecified atom stereocenters. The number of hydrogen-bond donors (Lipinski definition) is 0. The Kier molecular flexibility index (Phi) is 45.0. The van der Waals surface area contributed by atoms with Crippen LogP contribution in [0.25, 0.3) is 0 Å². The van der Waals surface area contributed by atoms with Crippen molar-refractivity contribution in [3.8, 4) is 0 Å². The Hall–Kier alpha value is 0.127. The van der Waals surface area contributed by atoms with Crippen LogP contribution in [0.4, 0.5) is 0 Å². The summed E-state index contributed by atoms with van der Waals surface area (Å²) in [6, 6.07) is 0. The summed E-state index contributed by atoms with van der Waals surface area (Å²) in [6.45, 7) is 0. The van der Waals surface area contributed by atoms with Gasteiger partial charge in [-0.25, -0.2) is 10.2 Å². The molecule has 2 aliphatic rings. The van der Waals surface area contributed by atoms with Gasteiger partial charge >= 0.3 is 0 Å². The summed E-state index contributed by atoms with van der Waals surface area (Å²) in [4.78, 5) is 0. The maximum Gasteiger partial charge on any atom is 0.0712 e. The van der Waals surface area contributed by atoms with E-state index in [1.165, 1.54) is 51.4 Å². The normalized spacial score (nSPS) is 15.1. The molecule has 0 aromatic heterocycles. The fourth-order valence-corrected chi connectivity index (χ4v) is 1.71. The van der Waals surface area contributed by atoms with Crippen molar-refractivity contribution in [1.82, 2.24) is 0 Å². The van der Waals surface area contributed by atoms with E-state index >= 15 is 0 Å². The molecule has 0 saturated carbocycles. The first-order valence-corrected chi connectivity index (χ1v) is 7.42. The SMILES string of the molecule is C1=CCCC=CCC1.C1=CCCC=CCC1.C[O].C[O].[Rh].[Rh]. The number of allylic oxidation sites excluding steroid dienone is 8. The fourth-order valence-electron chi connectivity index (χ4n) is 1.71. The zero-order valence-corrected chi connectivity index (χ0v) is 17.0. The molecule has 2 rings (SSSR count). The van der Waals surface area contributed by atoms with Crippen molar-refractivity contribution >= 4 is 0 Å². The Labute approximate surface area is 163 Å². The summed E-state index contributed by atoms with van der Waals surface area (Å²) in [5.41, 5.74) is 0. The Morgan fingerprint density at radius 3 is 0.545 bits per heavy atom. The molecular formula is C18H30O2Rh2. The van der Waals surface area contributed by atoms with Gasteiger partial charge in [0.25, 0.3) is 0 Å². The molecule has 0 fully saturated rings. The maximum absolute atomic E-state index is 8.25. The molecule has 4 heteroatoms. The predicted molar refractivity (Wildman–Crippen MR) is 86.7 cm³/mol. The van der Waals surface area contributed by atoms with Crippen LogP contribution in [0.5, 0.6) is 0 Å². The quantitative estimate of drug-likeness (QED) is 0.325. The van der Waals surface area contributed by atoms with E-state index in [0.717, 1.165) is 14.2 Å². The van der Waals surface area contributed by atoms with Gasteiger partial charge in [-0.2, -0.15) is 0 Å². The van der Waals surface area contributed by atoms with Crippen LogP contribution in [0.2, 0.25) is 0 Å². The summed E-state index contributed by atoms with van der Waals surface area (Å²) in [7, 11) is 1.50. The molecule has 0 atom stereocenters. The predicted octanol–water partition coefficient (Wildman–Crippen LogP) is 5.43. The average Bonchev–Trinajstić information content (AvgIpc) is 2.42. The topological polar surface area (TPSA) is 39.8 Å². The molecule has 2 nitrogen and oxygen atoms in total. The minimum absolute atomic E-state index is 0. The first-order chi connectivity index (χ1) is 10.0. The van der Waals surface area contributed by atoms with Crippen molar-refractivity contribution < 1.29 is 49.2 Å². The van der Waals surface area contributed by atoms with Crippen molar-refractivity contribution in [1.29, 1.82) is 0 Å². The van der Waals surface area contributed by atoms with E-state index in [1.807, 2.05) is 0 Å². The van der Waals surface area contributed by atoms with Gasteiger partial charge in [0.1, 0.15) is 0 Å². The molecule has 0 aliphatic heterocycles. The van der Waals surface area contributed by atoms with Gasteiger partial charge in [0.05, 0.1) is 14.2 Å². The molecule has 0 aromatic rings. The first kappa shape index (κ1) is 30.1. The second-order valence-corrected chi connectivity index (χ2v) is 4.20. The van der Waals surface area contributed by atoms with Gasteiger partial charge in [0, 0.05) is 39.0 Å². The van der Waals surface area contributed by atoms with E-state index in [4.69, 9.17) is 10.2 Å². The molecule has 4 radical (unpaired) electrons. The third kappa shape index (κ3) is 28.3. The maximum atomic E-state index is 8.25. The standard InChI is InChI=1S/2C8H12.2CH3O.2Rh/c2*1-2-4-6-8-7-5-3-1;2*1-2;;/h2*1-2,7-8H,3-6H2;2*1H3;;. The molecule has 0 N–H and O–H groups in total. The molecular weight excluding hydrogens is 454 g/mol. The van der Waals surface area contributed by atoms with Crippen LogP contribution < -0.4 is 0 Å². The Balaban J connectivity index is -0.000000112. The van der Waals surface area contributed by atoms with Gasteiger partial charge in [0.2, 0.25) is 0 Å². The monoisotopic (exact) mass is 484 g/mol. The van der Waals surface area contributed by atoms with E-state index in [1.54, 1.807) is 0 Å². The smallest absolute Gasteiger partial charge is 0.0712 e. The summed E-state index contributed by atoms with van der Waals surface area (Å²) in [6.07, 6.45) is 28.0. The summed E-state index contributed by atoms with van der Waals surface area (Å²) in [5.74, 6) is 0. The van der Waals surface area contributed by atoms with Gasteiger partial charge in [0.15, 0.2) is 0 Å². The number of rotatable bonds is 0. The molecule has 0 amide bonds. The van der Waals surface area contributed by atoms with Gasteiger partial charge in [-0.1, -0.05) is 48.6 Å². The van der Waals surface area contributed by atoms with Crippen LogP contribution in [-0.2, 0) is 49.2 Å². The Morgan fingerprint density at radius 2 is 0.455 bits per heavy atom. The summed E-state index contributed by atoms with van der Waals surface area (Å²) < 4.78 is 0. The largest absolute Gasteiger partial charge is 0.240 e. The second-order valence-electron chi connectivity index (χ2n) is 4.20. The van der Waals surface area contributed by atoms with Crippen LogP contribution in [-0.4, -0.2) is 14.2 Å². The first-order valence-electron chi connectivity index (χ1n) is 7.42. The van der Waals surface area contributed by atoms with E-state index in [2.05, 4.69) is 48.6 Å². The van der Waals surface area contributed by atoms with E-state index < -0.39 is 0 Å². The fraction of sp³-hybridized carbons (Fsp3) is 0.556. The van der Waals surface area contributed by atoms with E-state index in [0.29, 0.717) is 0 Å². The molecule has 22 heavy (non-hydrogen) atoms. The Morgan fingerprint density at radius 1 is 0.364 bits per heavy atom. The van der Waals surface area contributed by atoms with Crippen molar-refractivity contribution in [2.45, 2.75) is 51.4 Å². The zero-order valence-electron chi connectivity index (χ0n) is 13.8. The average molecular weight is 484 g/mol. The Bertz CT molecular complexity index is 192. The third-order valence-electron chi connectivity index (χ3n) is 2.67. The van der Waals surface area contributed by atoms with Gasteiger partial charge < -0.3 is 0 Å². The van der Waals surface area contributed by atoms with Crippen molar-refractivity contribution in [3.63, 3.8) is 0 Å².